The van der Waals surface area contributed by atoms with E-state index in [4.69, 9.17) is 0 Å². The summed E-state index contributed by atoms with van der Waals surface area (Å²) in [6.07, 6.45) is 3.18. The van der Waals surface area contributed by atoms with Crippen molar-refractivity contribution < 1.29 is 4.79 Å². The molecule has 0 saturated heterocycles. The van der Waals surface area contributed by atoms with Crippen molar-refractivity contribution >= 4 is 22.4 Å². The lowest BCUT2D eigenvalue weighted by Gasteiger charge is -2.11. The summed E-state index contributed by atoms with van der Waals surface area (Å²) < 4.78 is 0. The summed E-state index contributed by atoms with van der Waals surface area (Å²) >= 11 is 1.30. The lowest BCUT2D eigenvalue weighted by molar-refractivity contribution is 0.0945. The Morgan fingerprint density at radius 1 is 1.28 bits per heavy atom. The molecule has 0 unspecified atom stereocenters. The Hall–Kier alpha value is -1.17. The van der Waals surface area contributed by atoms with E-state index in [1.54, 1.807) is 0 Å². The van der Waals surface area contributed by atoms with Gasteiger partial charge in [-0.1, -0.05) is 44.9 Å². The number of aromatic nitrogens is 2. The third kappa shape index (κ3) is 4.60. The first-order chi connectivity index (χ1) is 8.71. The van der Waals surface area contributed by atoms with Crippen molar-refractivity contribution in [2.75, 3.05) is 18.4 Å². The van der Waals surface area contributed by atoms with E-state index in [1.165, 1.54) is 11.3 Å². The van der Waals surface area contributed by atoms with Crippen molar-refractivity contribution in [2.45, 2.75) is 40.0 Å². The summed E-state index contributed by atoms with van der Waals surface area (Å²) in [4.78, 5) is 11.8. The first-order valence-electron chi connectivity index (χ1n) is 6.56. The van der Waals surface area contributed by atoms with Crippen LogP contribution >= 0.6 is 11.3 Å². The molecule has 0 aliphatic heterocycles. The van der Waals surface area contributed by atoms with Gasteiger partial charge in [0.05, 0.1) is 0 Å². The Kier molecular flexibility index (Phi) is 6.64. The molecule has 2 N–H and O–H groups in total. The van der Waals surface area contributed by atoms with Gasteiger partial charge in [-0.25, -0.2) is 0 Å². The molecule has 6 heteroatoms. The van der Waals surface area contributed by atoms with Gasteiger partial charge in [0.15, 0.2) is 0 Å². The molecule has 0 atom stereocenters. The van der Waals surface area contributed by atoms with Crippen LogP contribution in [0.4, 0.5) is 5.13 Å². The Labute approximate surface area is 112 Å². The fraction of sp³-hybridized carbons (Fsp3) is 0.750. The van der Waals surface area contributed by atoms with Crippen LogP contribution in [0.1, 0.15) is 49.8 Å². The zero-order valence-electron chi connectivity index (χ0n) is 11.3. The zero-order chi connectivity index (χ0) is 13.4. The molecule has 102 valence electrons. The number of hydrogen-bond acceptors (Lipinski definition) is 5. The van der Waals surface area contributed by atoms with E-state index in [2.05, 4.69) is 41.6 Å². The fourth-order valence-corrected chi connectivity index (χ4v) is 2.19. The summed E-state index contributed by atoms with van der Waals surface area (Å²) in [6, 6.07) is 0. The van der Waals surface area contributed by atoms with E-state index in [0.29, 0.717) is 22.6 Å². The predicted octanol–water partition coefficient (Wildman–Crippen LogP) is 2.53. The van der Waals surface area contributed by atoms with E-state index < -0.39 is 0 Å². The van der Waals surface area contributed by atoms with Gasteiger partial charge >= 0.3 is 0 Å². The highest BCUT2D eigenvalue weighted by Crippen LogP contribution is 2.15. The molecule has 18 heavy (non-hydrogen) atoms. The zero-order valence-corrected chi connectivity index (χ0v) is 12.1. The summed E-state index contributed by atoms with van der Waals surface area (Å²) in [5.41, 5.74) is 0. The van der Waals surface area contributed by atoms with Crippen LogP contribution in [0.25, 0.3) is 0 Å². The van der Waals surface area contributed by atoms with Crippen molar-refractivity contribution in [2.24, 2.45) is 5.92 Å². The van der Waals surface area contributed by atoms with Crippen LogP contribution in [0.2, 0.25) is 0 Å². The molecule has 1 aromatic heterocycles. The summed E-state index contributed by atoms with van der Waals surface area (Å²) in [7, 11) is 0. The van der Waals surface area contributed by atoms with E-state index in [-0.39, 0.29) is 5.91 Å². The van der Waals surface area contributed by atoms with E-state index in [1.807, 2.05) is 0 Å². The van der Waals surface area contributed by atoms with Gasteiger partial charge in [0, 0.05) is 13.1 Å². The Balaban J connectivity index is 2.43. The second-order valence-electron chi connectivity index (χ2n) is 4.23. The van der Waals surface area contributed by atoms with Crippen LogP contribution in [0.15, 0.2) is 0 Å². The van der Waals surface area contributed by atoms with E-state index in [0.717, 1.165) is 25.8 Å². The third-order valence-corrected chi connectivity index (χ3v) is 3.73. The average molecular weight is 270 g/mol. The monoisotopic (exact) mass is 270 g/mol. The quantitative estimate of drug-likeness (QED) is 0.761. The molecule has 0 bridgehead atoms. The highest BCUT2D eigenvalue weighted by molar-refractivity contribution is 7.17. The molecular formula is C12H22N4OS. The molecule has 1 aromatic rings. The molecular weight excluding hydrogens is 248 g/mol. The van der Waals surface area contributed by atoms with Gasteiger partial charge in [-0.05, 0) is 12.3 Å². The Morgan fingerprint density at radius 3 is 2.61 bits per heavy atom. The first kappa shape index (κ1) is 14.9. The van der Waals surface area contributed by atoms with Crippen LogP contribution in [-0.2, 0) is 0 Å². The predicted molar refractivity (Wildman–Crippen MR) is 75.1 cm³/mol. The lowest BCUT2D eigenvalue weighted by Crippen LogP contribution is -2.28. The molecule has 5 nitrogen and oxygen atoms in total. The maximum absolute atomic E-state index is 11.8. The van der Waals surface area contributed by atoms with Gasteiger partial charge in [0.1, 0.15) is 0 Å². The van der Waals surface area contributed by atoms with Crippen LogP contribution in [0.3, 0.4) is 0 Å². The highest BCUT2D eigenvalue weighted by Gasteiger charge is 2.13. The minimum absolute atomic E-state index is 0.121. The second-order valence-corrected chi connectivity index (χ2v) is 5.21. The van der Waals surface area contributed by atoms with E-state index in [9.17, 15) is 4.79 Å². The molecule has 1 rings (SSSR count). The van der Waals surface area contributed by atoms with Crippen LogP contribution < -0.4 is 10.6 Å². The second kappa shape index (κ2) is 8.02. The number of nitrogens with zero attached hydrogens (tertiary/aromatic N) is 2. The molecule has 1 amide bonds. The summed E-state index contributed by atoms with van der Waals surface area (Å²) in [6.45, 7) is 7.92. The highest BCUT2D eigenvalue weighted by atomic mass is 32.1. The normalized spacial score (nSPS) is 10.7. The Bertz CT molecular complexity index is 363. The van der Waals surface area contributed by atoms with Crippen molar-refractivity contribution in [3.63, 3.8) is 0 Å². The van der Waals surface area contributed by atoms with Crippen LogP contribution in [0.5, 0.6) is 0 Å². The van der Waals surface area contributed by atoms with Gasteiger partial charge in [0.25, 0.3) is 5.91 Å². The maximum atomic E-state index is 11.8. The van der Waals surface area contributed by atoms with Crippen molar-refractivity contribution in [3.05, 3.63) is 5.01 Å². The standard InChI is InChI=1S/C12H22N4OS/c1-4-7-13-12-16-15-11(18-12)10(17)14-8-9(5-2)6-3/h9H,4-8H2,1-3H3,(H,13,16)(H,14,17). The molecule has 0 aromatic carbocycles. The smallest absolute Gasteiger partial charge is 0.282 e. The molecule has 0 spiro atoms. The first-order valence-corrected chi connectivity index (χ1v) is 7.38. The SMILES string of the molecule is CCCNc1nnc(C(=O)NCC(CC)CC)s1. The molecule has 0 fully saturated rings. The molecule has 0 aliphatic carbocycles. The van der Waals surface area contributed by atoms with E-state index >= 15 is 0 Å². The van der Waals surface area contributed by atoms with Crippen LogP contribution in [-0.4, -0.2) is 29.2 Å². The van der Waals surface area contributed by atoms with Crippen molar-refractivity contribution in [1.29, 1.82) is 0 Å². The van der Waals surface area contributed by atoms with Crippen molar-refractivity contribution in [3.8, 4) is 0 Å². The maximum Gasteiger partial charge on any atom is 0.282 e. The lowest BCUT2D eigenvalue weighted by atomic mass is 10.0. The number of rotatable bonds is 8. The number of nitrogens with one attached hydrogen (secondary N) is 2. The molecule has 0 saturated carbocycles. The summed E-state index contributed by atoms with van der Waals surface area (Å²) in [5, 5.41) is 15.0. The topological polar surface area (TPSA) is 66.9 Å². The largest absolute Gasteiger partial charge is 0.360 e. The van der Waals surface area contributed by atoms with Gasteiger partial charge in [-0.15, -0.1) is 10.2 Å². The Morgan fingerprint density at radius 2 is 2.00 bits per heavy atom. The van der Waals surface area contributed by atoms with Gasteiger partial charge in [-0.2, -0.15) is 0 Å². The van der Waals surface area contributed by atoms with Gasteiger partial charge < -0.3 is 10.6 Å². The number of anilines is 1. The number of carbonyl (C=O) groups excluding carboxylic acids is 1. The molecule has 0 aliphatic rings. The average Bonchev–Trinajstić information content (AvgIpc) is 2.86. The van der Waals surface area contributed by atoms with Gasteiger partial charge in [0.2, 0.25) is 10.1 Å². The van der Waals surface area contributed by atoms with Gasteiger partial charge in [-0.3, -0.25) is 4.79 Å². The number of hydrogen-bond donors (Lipinski definition) is 2. The minimum atomic E-state index is -0.121. The molecule has 0 radical (unpaired) electrons. The molecule has 1 heterocycles. The van der Waals surface area contributed by atoms with Crippen molar-refractivity contribution in [1.82, 2.24) is 15.5 Å². The number of amides is 1. The number of carbonyl (C=O) groups is 1. The third-order valence-electron chi connectivity index (χ3n) is 2.85. The fourth-order valence-electron chi connectivity index (χ4n) is 1.51. The van der Waals surface area contributed by atoms with Crippen LogP contribution in [0, 0.1) is 5.92 Å². The summed E-state index contributed by atoms with van der Waals surface area (Å²) in [5.74, 6) is 0.420. The minimum Gasteiger partial charge on any atom is -0.360 e.